The normalized spacial score (nSPS) is 19.0. The molecular weight excluding hydrogens is 242 g/mol. The fourth-order valence-electron chi connectivity index (χ4n) is 2.38. The topological polar surface area (TPSA) is 30.0 Å². The van der Waals surface area contributed by atoms with Gasteiger partial charge in [0.05, 0.1) is 15.7 Å². The van der Waals surface area contributed by atoms with E-state index in [0.717, 1.165) is 27.8 Å². The zero-order valence-corrected chi connectivity index (χ0v) is 11.4. The molecule has 2 aromatic rings. The SMILES string of the molecule is CC1(C)C=C(c2ccc3ncsc3c2)C(=O)CC1. The number of Topliss-reactive ketones (excluding diaryl/α,β-unsaturated/α-hetero) is 1. The Morgan fingerprint density at radius 3 is 3.00 bits per heavy atom. The van der Waals surface area contributed by atoms with E-state index < -0.39 is 0 Å². The summed E-state index contributed by atoms with van der Waals surface area (Å²) < 4.78 is 1.14. The molecule has 1 aromatic heterocycles. The number of thiazole rings is 1. The molecule has 0 fully saturated rings. The van der Waals surface area contributed by atoms with Crippen molar-refractivity contribution in [1.82, 2.24) is 4.98 Å². The van der Waals surface area contributed by atoms with E-state index in [-0.39, 0.29) is 11.2 Å². The summed E-state index contributed by atoms with van der Waals surface area (Å²) in [6, 6.07) is 6.09. The highest BCUT2D eigenvalue weighted by Gasteiger charge is 2.26. The van der Waals surface area contributed by atoms with Crippen molar-refractivity contribution in [2.75, 3.05) is 0 Å². The van der Waals surface area contributed by atoms with Gasteiger partial charge in [0.25, 0.3) is 0 Å². The summed E-state index contributed by atoms with van der Waals surface area (Å²) in [5.74, 6) is 0.262. The maximum atomic E-state index is 12.1. The summed E-state index contributed by atoms with van der Waals surface area (Å²) in [7, 11) is 0. The van der Waals surface area contributed by atoms with Gasteiger partial charge in [0.15, 0.2) is 5.78 Å². The molecule has 1 aliphatic carbocycles. The quantitative estimate of drug-likeness (QED) is 0.771. The molecule has 0 spiro atoms. The Labute approximate surface area is 110 Å². The maximum Gasteiger partial charge on any atom is 0.163 e. The maximum absolute atomic E-state index is 12.1. The van der Waals surface area contributed by atoms with Crippen molar-refractivity contribution in [1.29, 1.82) is 0 Å². The van der Waals surface area contributed by atoms with Crippen LogP contribution in [-0.2, 0) is 4.79 Å². The predicted molar refractivity (Wildman–Crippen MR) is 75.6 cm³/mol. The number of fused-ring (bicyclic) bond motifs is 1. The van der Waals surface area contributed by atoms with E-state index in [9.17, 15) is 4.79 Å². The number of carbonyl (C=O) groups is 1. The van der Waals surface area contributed by atoms with Crippen LogP contribution in [0.5, 0.6) is 0 Å². The van der Waals surface area contributed by atoms with Gasteiger partial charge >= 0.3 is 0 Å². The molecular formula is C15H15NOS. The summed E-state index contributed by atoms with van der Waals surface area (Å²) >= 11 is 1.62. The van der Waals surface area contributed by atoms with E-state index in [0.29, 0.717) is 6.42 Å². The van der Waals surface area contributed by atoms with Gasteiger partial charge in [-0.05, 0) is 29.5 Å². The van der Waals surface area contributed by atoms with Gasteiger partial charge in [0, 0.05) is 12.0 Å². The van der Waals surface area contributed by atoms with Gasteiger partial charge in [0.2, 0.25) is 0 Å². The van der Waals surface area contributed by atoms with Crippen LogP contribution < -0.4 is 0 Å². The van der Waals surface area contributed by atoms with Crippen LogP contribution in [0.3, 0.4) is 0 Å². The van der Waals surface area contributed by atoms with Crippen molar-refractivity contribution >= 4 is 32.9 Å². The number of allylic oxidation sites excluding steroid dienone is 2. The number of rotatable bonds is 1. The highest BCUT2D eigenvalue weighted by atomic mass is 32.1. The number of hydrogen-bond donors (Lipinski definition) is 0. The lowest BCUT2D eigenvalue weighted by atomic mass is 9.77. The van der Waals surface area contributed by atoms with Gasteiger partial charge in [-0.25, -0.2) is 4.98 Å². The van der Waals surface area contributed by atoms with Crippen molar-refractivity contribution in [3.8, 4) is 0 Å². The number of benzene rings is 1. The Hall–Kier alpha value is -1.48. The average molecular weight is 257 g/mol. The minimum Gasteiger partial charge on any atom is -0.294 e. The summed E-state index contributed by atoms with van der Waals surface area (Å²) in [6.45, 7) is 4.37. The molecule has 3 rings (SSSR count). The molecule has 0 unspecified atom stereocenters. The van der Waals surface area contributed by atoms with Crippen molar-refractivity contribution < 1.29 is 4.79 Å². The first-order valence-corrected chi connectivity index (χ1v) is 7.03. The molecule has 1 aromatic carbocycles. The van der Waals surface area contributed by atoms with Crippen LogP contribution >= 0.6 is 11.3 Å². The second-order valence-electron chi connectivity index (χ2n) is 5.50. The number of hydrogen-bond acceptors (Lipinski definition) is 3. The standard InChI is InChI=1S/C15H15NOS/c1-15(2)6-5-13(17)11(8-15)10-3-4-12-14(7-10)18-9-16-12/h3-4,7-9H,5-6H2,1-2H3. The summed E-state index contributed by atoms with van der Waals surface area (Å²) in [5.41, 5.74) is 4.87. The van der Waals surface area contributed by atoms with Crippen LogP contribution in [0.4, 0.5) is 0 Å². The monoisotopic (exact) mass is 257 g/mol. The third-order valence-corrected chi connectivity index (χ3v) is 4.27. The van der Waals surface area contributed by atoms with Gasteiger partial charge in [0.1, 0.15) is 0 Å². The average Bonchev–Trinajstić information content (AvgIpc) is 2.79. The van der Waals surface area contributed by atoms with E-state index in [1.54, 1.807) is 11.3 Å². The van der Waals surface area contributed by atoms with Crippen molar-refractivity contribution in [2.45, 2.75) is 26.7 Å². The summed E-state index contributed by atoms with van der Waals surface area (Å²) in [6.07, 6.45) is 3.72. The molecule has 18 heavy (non-hydrogen) atoms. The van der Waals surface area contributed by atoms with E-state index in [2.05, 4.69) is 31.0 Å². The Kier molecular flexibility index (Phi) is 2.59. The molecule has 0 saturated carbocycles. The lowest BCUT2D eigenvalue weighted by Crippen LogP contribution is -2.19. The van der Waals surface area contributed by atoms with Gasteiger partial charge < -0.3 is 0 Å². The summed E-state index contributed by atoms with van der Waals surface area (Å²) in [5, 5.41) is 0. The molecule has 0 saturated heterocycles. The van der Waals surface area contributed by atoms with Crippen molar-refractivity contribution in [3.05, 3.63) is 35.3 Å². The first-order valence-electron chi connectivity index (χ1n) is 6.15. The van der Waals surface area contributed by atoms with E-state index in [1.807, 2.05) is 17.6 Å². The summed E-state index contributed by atoms with van der Waals surface area (Å²) in [4.78, 5) is 16.3. The van der Waals surface area contributed by atoms with Crippen LogP contribution in [0.25, 0.3) is 15.8 Å². The fraction of sp³-hybridized carbons (Fsp3) is 0.333. The number of ketones is 1. The predicted octanol–water partition coefficient (Wildman–Crippen LogP) is 4.07. The Morgan fingerprint density at radius 2 is 2.17 bits per heavy atom. The fourth-order valence-corrected chi connectivity index (χ4v) is 3.10. The molecule has 1 heterocycles. The number of aromatic nitrogens is 1. The first kappa shape index (κ1) is 11.6. The van der Waals surface area contributed by atoms with Crippen LogP contribution in [0.1, 0.15) is 32.3 Å². The van der Waals surface area contributed by atoms with Crippen molar-refractivity contribution in [2.24, 2.45) is 5.41 Å². The van der Waals surface area contributed by atoms with E-state index >= 15 is 0 Å². The van der Waals surface area contributed by atoms with Crippen LogP contribution in [-0.4, -0.2) is 10.8 Å². The van der Waals surface area contributed by atoms with E-state index in [4.69, 9.17) is 0 Å². The second-order valence-corrected chi connectivity index (χ2v) is 6.39. The van der Waals surface area contributed by atoms with Crippen LogP contribution in [0, 0.1) is 5.41 Å². The number of carbonyl (C=O) groups excluding carboxylic acids is 1. The zero-order valence-electron chi connectivity index (χ0n) is 10.6. The molecule has 0 aliphatic heterocycles. The van der Waals surface area contributed by atoms with Crippen molar-refractivity contribution in [3.63, 3.8) is 0 Å². The Morgan fingerprint density at radius 1 is 1.33 bits per heavy atom. The molecule has 0 bridgehead atoms. The molecule has 2 nitrogen and oxygen atoms in total. The molecule has 1 aliphatic rings. The smallest absolute Gasteiger partial charge is 0.163 e. The Balaban J connectivity index is 2.12. The molecule has 0 atom stereocenters. The number of nitrogens with zero attached hydrogens (tertiary/aromatic N) is 1. The van der Waals surface area contributed by atoms with E-state index in [1.165, 1.54) is 0 Å². The molecule has 0 N–H and O–H groups in total. The molecule has 3 heteroatoms. The minimum atomic E-state index is 0.117. The zero-order chi connectivity index (χ0) is 12.8. The lowest BCUT2D eigenvalue weighted by molar-refractivity contribution is -0.114. The lowest BCUT2D eigenvalue weighted by Gasteiger charge is -2.26. The second kappa shape index (κ2) is 4.02. The third-order valence-electron chi connectivity index (χ3n) is 3.47. The van der Waals surface area contributed by atoms with Gasteiger partial charge in [-0.3, -0.25) is 4.79 Å². The molecule has 92 valence electrons. The minimum absolute atomic E-state index is 0.117. The highest BCUT2D eigenvalue weighted by Crippen LogP contribution is 2.36. The van der Waals surface area contributed by atoms with Crippen LogP contribution in [0.2, 0.25) is 0 Å². The van der Waals surface area contributed by atoms with Gasteiger partial charge in [-0.2, -0.15) is 0 Å². The first-order chi connectivity index (χ1) is 8.55. The molecule has 0 radical (unpaired) electrons. The third kappa shape index (κ3) is 1.99. The van der Waals surface area contributed by atoms with Crippen LogP contribution in [0.15, 0.2) is 29.8 Å². The van der Waals surface area contributed by atoms with Gasteiger partial charge in [-0.1, -0.05) is 26.0 Å². The highest BCUT2D eigenvalue weighted by molar-refractivity contribution is 7.16. The molecule has 0 amide bonds. The Bertz CT molecular complexity index is 651. The largest absolute Gasteiger partial charge is 0.294 e. The van der Waals surface area contributed by atoms with Gasteiger partial charge in [-0.15, -0.1) is 11.3 Å².